The lowest BCUT2D eigenvalue weighted by atomic mass is 10.1. The summed E-state index contributed by atoms with van der Waals surface area (Å²) in [4.78, 5) is 25.2. The molecule has 1 aromatic heterocycles. The van der Waals surface area contributed by atoms with Gasteiger partial charge in [0, 0.05) is 16.8 Å². The van der Waals surface area contributed by atoms with Gasteiger partial charge in [-0.2, -0.15) is 5.10 Å². The Bertz CT molecular complexity index is 1140. The number of anilines is 2. The molecule has 1 atom stereocenters. The summed E-state index contributed by atoms with van der Waals surface area (Å²) in [6, 6.07) is 10.4. The van der Waals surface area contributed by atoms with Gasteiger partial charge >= 0.3 is 0 Å². The molecule has 0 saturated heterocycles. The van der Waals surface area contributed by atoms with Crippen molar-refractivity contribution in [3.63, 3.8) is 0 Å². The molecule has 30 heavy (non-hydrogen) atoms. The van der Waals surface area contributed by atoms with E-state index in [4.69, 9.17) is 16.3 Å². The van der Waals surface area contributed by atoms with Crippen LogP contribution in [0.15, 0.2) is 42.5 Å². The monoisotopic (exact) mass is 428 g/mol. The van der Waals surface area contributed by atoms with Gasteiger partial charge in [-0.3, -0.25) is 9.59 Å². The Labute approximate surface area is 176 Å². The number of methoxy groups -OCH3 is 1. The smallest absolute Gasteiger partial charge is 0.249 e. The third-order valence-corrected chi connectivity index (χ3v) is 5.22. The minimum atomic E-state index is -0.858. The number of aromatic nitrogens is 2. The van der Waals surface area contributed by atoms with E-state index in [0.29, 0.717) is 22.9 Å². The minimum Gasteiger partial charge on any atom is -0.497 e. The Hall–Kier alpha value is -3.39. The predicted molar refractivity (Wildman–Crippen MR) is 111 cm³/mol. The van der Waals surface area contributed by atoms with Gasteiger partial charge in [0.15, 0.2) is 0 Å². The fraction of sp³-hybridized carbons (Fsp3) is 0.190. The quantitative estimate of drug-likeness (QED) is 0.652. The summed E-state index contributed by atoms with van der Waals surface area (Å²) in [6.45, 7) is 1.83. The molecule has 1 aliphatic rings. The highest BCUT2D eigenvalue weighted by Crippen LogP contribution is 2.35. The first-order chi connectivity index (χ1) is 14.4. The number of fused-ring (bicyclic) bond motifs is 1. The zero-order chi connectivity index (χ0) is 21.4. The maximum Gasteiger partial charge on any atom is 0.249 e. The topological polar surface area (TPSA) is 85.2 Å². The van der Waals surface area contributed by atoms with Gasteiger partial charge in [0.1, 0.15) is 23.4 Å². The first-order valence-corrected chi connectivity index (χ1v) is 9.54. The summed E-state index contributed by atoms with van der Waals surface area (Å²) in [6.07, 6.45) is -0.0725. The van der Waals surface area contributed by atoms with Crippen molar-refractivity contribution >= 4 is 34.9 Å². The molecule has 0 fully saturated rings. The molecule has 2 aromatic carbocycles. The van der Waals surface area contributed by atoms with Crippen molar-refractivity contribution in [2.24, 2.45) is 0 Å². The molecule has 0 unspecified atom stereocenters. The van der Waals surface area contributed by atoms with Crippen LogP contribution in [0.25, 0.3) is 11.3 Å². The van der Waals surface area contributed by atoms with E-state index in [9.17, 15) is 14.0 Å². The first kappa shape index (κ1) is 19.9. The van der Waals surface area contributed by atoms with Crippen LogP contribution in [0.4, 0.5) is 15.9 Å². The van der Waals surface area contributed by atoms with Crippen LogP contribution in [0.2, 0.25) is 5.02 Å². The minimum absolute atomic E-state index is 0.0725. The lowest BCUT2D eigenvalue weighted by Gasteiger charge is -2.24. The molecule has 4 rings (SSSR count). The van der Waals surface area contributed by atoms with E-state index in [0.717, 1.165) is 17.2 Å². The molecule has 0 aliphatic carbocycles. The molecule has 9 heteroatoms. The summed E-state index contributed by atoms with van der Waals surface area (Å²) in [5, 5.41) is 9.97. The summed E-state index contributed by atoms with van der Waals surface area (Å²) < 4.78 is 20.1. The Morgan fingerprint density at radius 2 is 2.03 bits per heavy atom. The molecule has 2 amide bonds. The molecule has 0 bridgehead atoms. The molecule has 0 spiro atoms. The van der Waals surface area contributed by atoms with Crippen molar-refractivity contribution in [3.8, 4) is 17.0 Å². The van der Waals surface area contributed by atoms with Gasteiger partial charge in [-0.15, -0.1) is 0 Å². The maximum atomic E-state index is 13.4. The third kappa shape index (κ3) is 3.61. The predicted octanol–water partition coefficient (Wildman–Crippen LogP) is 4.18. The SMILES string of the molecule is COc1ccc(-c2nn3c(c2C)NC(=O)C[C@H]3C(=O)Nc2ccc(F)c(Cl)c2)cc1. The number of ether oxygens (including phenoxy) is 1. The lowest BCUT2D eigenvalue weighted by molar-refractivity contribution is -0.125. The van der Waals surface area contributed by atoms with Crippen molar-refractivity contribution in [2.45, 2.75) is 19.4 Å². The van der Waals surface area contributed by atoms with Gasteiger partial charge in [0.25, 0.3) is 0 Å². The van der Waals surface area contributed by atoms with Gasteiger partial charge in [-0.25, -0.2) is 9.07 Å². The highest BCUT2D eigenvalue weighted by molar-refractivity contribution is 6.31. The molecular formula is C21H18ClFN4O3. The van der Waals surface area contributed by atoms with Crippen LogP contribution in [0, 0.1) is 12.7 Å². The number of benzene rings is 2. The van der Waals surface area contributed by atoms with Crippen molar-refractivity contribution in [1.82, 2.24) is 9.78 Å². The van der Waals surface area contributed by atoms with Crippen LogP contribution >= 0.6 is 11.6 Å². The fourth-order valence-electron chi connectivity index (χ4n) is 3.36. The molecule has 7 nitrogen and oxygen atoms in total. The number of carbonyl (C=O) groups is 2. The number of hydrogen-bond donors (Lipinski definition) is 2. The maximum absolute atomic E-state index is 13.4. The van der Waals surface area contributed by atoms with Crippen LogP contribution in [0.1, 0.15) is 18.0 Å². The Morgan fingerprint density at radius 1 is 1.30 bits per heavy atom. The van der Waals surface area contributed by atoms with E-state index in [1.54, 1.807) is 7.11 Å². The zero-order valence-corrected chi connectivity index (χ0v) is 17.0. The van der Waals surface area contributed by atoms with Crippen molar-refractivity contribution in [2.75, 3.05) is 17.7 Å². The van der Waals surface area contributed by atoms with Gasteiger partial charge < -0.3 is 15.4 Å². The summed E-state index contributed by atoms with van der Waals surface area (Å²) in [5.41, 5.74) is 2.56. The number of halogens is 2. The van der Waals surface area contributed by atoms with E-state index >= 15 is 0 Å². The molecule has 1 aliphatic heterocycles. The van der Waals surface area contributed by atoms with Gasteiger partial charge in [0.2, 0.25) is 11.8 Å². The number of rotatable bonds is 4. The molecule has 2 N–H and O–H groups in total. The first-order valence-electron chi connectivity index (χ1n) is 9.16. The summed E-state index contributed by atoms with van der Waals surface area (Å²) in [7, 11) is 1.59. The number of nitrogens with zero attached hydrogens (tertiary/aromatic N) is 2. The highest BCUT2D eigenvalue weighted by Gasteiger charge is 2.34. The second-order valence-electron chi connectivity index (χ2n) is 6.88. The number of hydrogen-bond acceptors (Lipinski definition) is 4. The number of carbonyl (C=O) groups excluding carboxylic acids is 2. The van der Waals surface area contributed by atoms with Crippen molar-refractivity contribution < 1.29 is 18.7 Å². The average Bonchev–Trinajstić information content (AvgIpc) is 3.06. The molecule has 2 heterocycles. The van der Waals surface area contributed by atoms with Crippen LogP contribution in [-0.4, -0.2) is 28.7 Å². The molecule has 154 valence electrons. The normalized spacial score (nSPS) is 15.3. The largest absolute Gasteiger partial charge is 0.497 e. The van der Waals surface area contributed by atoms with Crippen LogP contribution in [0.5, 0.6) is 5.75 Å². The fourth-order valence-corrected chi connectivity index (χ4v) is 3.55. The Kier molecular flexibility index (Phi) is 5.17. The molecule has 0 radical (unpaired) electrons. The van der Waals surface area contributed by atoms with E-state index in [1.165, 1.54) is 16.8 Å². The molecular weight excluding hydrogens is 411 g/mol. The average molecular weight is 429 g/mol. The van der Waals surface area contributed by atoms with Crippen LogP contribution in [0.3, 0.4) is 0 Å². The number of nitrogens with one attached hydrogen (secondary N) is 2. The van der Waals surface area contributed by atoms with E-state index < -0.39 is 17.8 Å². The second-order valence-corrected chi connectivity index (χ2v) is 7.29. The van der Waals surface area contributed by atoms with Crippen LogP contribution < -0.4 is 15.4 Å². The Morgan fingerprint density at radius 3 is 2.70 bits per heavy atom. The van der Waals surface area contributed by atoms with Crippen molar-refractivity contribution in [1.29, 1.82) is 0 Å². The second kappa shape index (κ2) is 7.79. The van der Waals surface area contributed by atoms with Crippen LogP contribution in [-0.2, 0) is 9.59 Å². The lowest BCUT2D eigenvalue weighted by Crippen LogP contribution is -2.35. The number of amides is 2. The van der Waals surface area contributed by atoms with E-state index in [1.807, 2.05) is 31.2 Å². The summed E-state index contributed by atoms with van der Waals surface area (Å²) >= 11 is 5.78. The molecule has 0 saturated carbocycles. The van der Waals surface area contributed by atoms with E-state index in [-0.39, 0.29) is 17.4 Å². The van der Waals surface area contributed by atoms with E-state index in [2.05, 4.69) is 15.7 Å². The molecule has 3 aromatic rings. The zero-order valence-electron chi connectivity index (χ0n) is 16.2. The standard InChI is InChI=1S/C21H18ClFN4O3/c1-11-19(12-3-6-14(30-2)7-4-12)26-27-17(10-18(28)25-20(11)27)21(29)24-13-5-8-16(23)15(22)9-13/h3-9,17H,10H2,1-2H3,(H,24,29)(H,25,28)/t17-/m0/s1. The summed E-state index contributed by atoms with van der Waals surface area (Å²) in [5.74, 6) is -0.138. The highest BCUT2D eigenvalue weighted by atomic mass is 35.5. The third-order valence-electron chi connectivity index (χ3n) is 4.93. The van der Waals surface area contributed by atoms with Gasteiger partial charge in [-0.1, -0.05) is 11.6 Å². The Balaban J connectivity index is 1.67. The van der Waals surface area contributed by atoms with Gasteiger partial charge in [0.05, 0.1) is 24.2 Å². The van der Waals surface area contributed by atoms with Gasteiger partial charge in [-0.05, 0) is 49.4 Å². The van der Waals surface area contributed by atoms with Crippen molar-refractivity contribution in [3.05, 3.63) is 58.9 Å².